The predicted molar refractivity (Wildman–Crippen MR) is 64.6 cm³/mol. The van der Waals surface area contributed by atoms with Crippen LogP contribution in [0.15, 0.2) is 6.33 Å². The Bertz CT molecular complexity index is 396. The van der Waals surface area contributed by atoms with Crippen LogP contribution in [0.4, 0.5) is 5.95 Å². The molecule has 7 nitrogen and oxygen atoms in total. The van der Waals surface area contributed by atoms with Crippen molar-refractivity contribution in [1.29, 1.82) is 0 Å². The normalized spacial score (nSPS) is 16.9. The van der Waals surface area contributed by atoms with Gasteiger partial charge in [0.15, 0.2) is 0 Å². The third kappa shape index (κ3) is 3.54. The maximum absolute atomic E-state index is 11.7. The van der Waals surface area contributed by atoms with Gasteiger partial charge in [-0.25, -0.2) is 5.10 Å². The second-order valence-corrected chi connectivity index (χ2v) is 4.45. The van der Waals surface area contributed by atoms with Crippen molar-refractivity contribution in [3.05, 3.63) is 6.33 Å². The number of carbonyl (C=O) groups is 2. The largest absolute Gasteiger partial charge is 0.345 e. The van der Waals surface area contributed by atoms with Crippen LogP contribution in [0, 0.1) is 0 Å². The standard InChI is InChI=1S/C11H17N5O2/c17-9(10(18)15-11-12-7-13-16-11)14-8-5-3-1-2-4-6-8/h7-8H,1-6H2,(H,14,17)(H2,12,13,15,16,18). The van der Waals surface area contributed by atoms with Gasteiger partial charge in [0.25, 0.3) is 0 Å². The van der Waals surface area contributed by atoms with E-state index in [1.165, 1.54) is 19.2 Å². The van der Waals surface area contributed by atoms with Crippen molar-refractivity contribution in [3.63, 3.8) is 0 Å². The molecule has 0 atom stereocenters. The van der Waals surface area contributed by atoms with E-state index in [4.69, 9.17) is 0 Å². The lowest BCUT2D eigenvalue weighted by atomic mass is 10.1. The highest BCUT2D eigenvalue weighted by molar-refractivity contribution is 6.39. The molecule has 18 heavy (non-hydrogen) atoms. The first kappa shape index (κ1) is 12.5. The Morgan fingerprint density at radius 3 is 2.50 bits per heavy atom. The number of aromatic amines is 1. The number of hydrogen-bond donors (Lipinski definition) is 3. The molecule has 2 rings (SSSR count). The monoisotopic (exact) mass is 251 g/mol. The zero-order chi connectivity index (χ0) is 12.8. The molecule has 0 aliphatic heterocycles. The number of anilines is 1. The van der Waals surface area contributed by atoms with Gasteiger partial charge in [-0.2, -0.15) is 10.1 Å². The molecular formula is C11H17N5O2. The predicted octanol–water partition coefficient (Wildman–Crippen LogP) is 0.582. The molecule has 1 aromatic rings. The van der Waals surface area contributed by atoms with E-state index in [0.29, 0.717) is 0 Å². The number of carbonyl (C=O) groups excluding carboxylic acids is 2. The molecule has 7 heteroatoms. The van der Waals surface area contributed by atoms with Crippen molar-refractivity contribution in [2.75, 3.05) is 5.32 Å². The van der Waals surface area contributed by atoms with Crippen molar-refractivity contribution in [1.82, 2.24) is 20.5 Å². The van der Waals surface area contributed by atoms with Gasteiger partial charge in [0.05, 0.1) is 0 Å². The van der Waals surface area contributed by atoms with Gasteiger partial charge in [-0.3, -0.25) is 14.9 Å². The quantitative estimate of drug-likeness (QED) is 0.529. The topological polar surface area (TPSA) is 99.8 Å². The summed E-state index contributed by atoms with van der Waals surface area (Å²) in [5, 5.41) is 11.1. The van der Waals surface area contributed by atoms with E-state index in [-0.39, 0.29) is 12.0 Å². The van der Waals surface area contributed by atoms with Crippen LogP contribution in [0.25, 0.3) is 0 Å². The lowest BCUT2D eigenvalue weighted by molar-refractivity contribution is -0.136. The summed E-state index contributed by atoms with van der Waals surface area (Å²) in [5.41, 5.74) is 0. The molecule has 2 amide bonds. The van der Waals surface area contributed by atoms with Crippen LogP contribution in [-0.2, 0) is 9.59 Å². The lowest BCUT2D eigenvalue weighted by Gasteiger charge is -2.15. The molecule has 1 aliphatic carbocycles. The lowest BCUT2D eigenvalue weighted by Crippen LogP contribution is -2.41. The van der Waals surface area contributed by atoms with Gasteiger partial charge in [0, 0.05) is 6.04 Å². The van der Waals surface area contributed by atoms with E-state index in [2.05, 4.69) is 25.8 Å². The van der Waals surface area contributed by atoms with Crippen molar-refractivity contribution in [2.24, 2.45) is 0 Å². The fourth-order valence-electron chi connectivity index (χ4n) is 2.10. The fourth-order valence-corrected chi connectivity index (χ4v) is 2.10. The minimum absolute atomic E-state index is 0.112. The van der Waals surface area contributed by atoms with E-state index in [0.717, 1.165) is 25.7 Å². The molecular weight excluding hydrogens is 234 g/mol. The summed E-state index contributed by atoms with van der Waals surface area (Å²) >= 11 is 0. The van der Waals surface area contributed by atoms with E-state index >= 15 is 0 Å². The Morgan fingerprint density at radius 1 is 1.17 bits per heavy atom. The highest BCUT2D eigenvalue weighted by Gasteiger charge is 2.20. The first-order valence-corrected chi connectivity index (χ1v) is 6.23. The highest BCUT2D eigenvalue weighted by atomic mass is 16.2. The summed E-state index contributed by atoms with van der Waals surface area (Å²) in [4.78, 5) is 26.9. The second kappa shape index (κ2) is 6.13. The van der Waals surface area contributed by atoms with E-state index in [9.17, 15) is 9.59 Å². The van der Waals surface area contributed by atoms with Crippen LogP contribution in [0.1, 0.15) is 38.5 Å². The number of nitrogens with one attached hydrogen (secondary N) is 3. The maximum Gasteiger partial charge on any atom is 0.316 e. The van der Waals surface area contributed by atoms with E-state index < -0.39 is 11.8 Å². The molecule has 98 valence electrons. The zero-order valence-corrected chi connectivity index (χ0v) is 10.1. The van der Waals surface area contributed by atoms with Crippen molar-refractivity contribution < 1.29 is 9.59 Å². The van der Waals surface area contributed by atoms with Crippen LogP contribution in [0.3, 0.4) is 0 Å². The minimum atomic E-state index is -0.712. The third-order valence-corrected chi connectivity index (χ3v) is 3.04. The number of amides is 2. The Balaban J connectivity index is 1.81. The molecule has 0 unspecified atom stereocenters. The zero-order valence-electron chi connectivity index (χ0n) is 10.1. The van der Waals surface area contributed by atoms with E-state index in [1.54, 1.807) is 0 Å². The minimum Gasteiger partial charge on any atom is -0.345 e. The molecule has 1 saturated carbocycles. The highest BCUT2D eigenvalue weighted by Crippen LogP contribution is 2.17. The SMILES string of the molecule is O=C(Nc1ncn[nH]1)C(=O)NC1CCCCCC1. The smallest absolute Gasteiger partial charge is 0.316 e. The van der Waals surface area contributed by atoms with Crippen molar-refractivity contribution in [3.8, 4) is 0 Å². The van der Waals surface area contributed by atoms with Crippen LogP contribution in [0.2, 0.25) is 0 Å². The van der Waals surface area contributed by atoms with Gasteiger partial charge in [-0.1, -0.05) is 25.7 Å². The van der Waals surface area contributed by atoms with Gasteiger partial charge in [-0.05, 0) is 12.8 Å². The fraction of sp³-hybridized carbons (Fsp3) is 0.636. The number of rotatable bonds is 2. The van der Waals surface area contributed by atoms with Crippen LogP contribution in [0.5, 0.6) is 0 Å². The second-order valence-electron chi connectivity index (χ2n) is 4.45. The summed E-state index contributed by atoms with van der Waals surface area (Å²) in [6.07, 6.45) is 7.78. The molecule has 0 spiro atoms. The number of H-pyrrole nitrogens is 1. The summed E-state index contributed by atoms with van der Waals surface area (Å²) in [6.45, 7) is 0. The molecule has 1 fully saturated rings. The van der Waals surface area contributed by atoms with Crippen molar-refractivity contribution >= 4 is 17.8 Å². The summed E-state index contributed by atoms with van der Waals surface area (Å²) in [5.74, 6) is -1.15. The summed E-state index contributed by atoms with van der Waals surface area (Å²) in [7, 11) is 0. The molecule has 3 N–H and O–H groups in total. The summed E-state index contributed by atoms with van der Waals surface area (Å²) in [6, 6.07) is 0.112. The Morgan fingerprint density at radius 2 is 1.89 bits per heavy atom. The number of aromatic nitrogens is 3. The molecule has 1 aliphatic rings. The third-order valence-electron chi connectivity index (χ3n) is 3.04. The van der Waals surface area contributed by atoms with Gasteiger partial charge < -0.3 is 5.32 Å². The number of hydrogen-bond acceptors (Lipinski definition) is 4. The van der Waals surface area contributed by atoms with Gasteiger partial charge >= 0.3 is 11.8 Å². The molecule has 0 saturated heterocycles. The maximum atomic E-state index is 11.7. The first-order valence-electron chi connectivity index (χ1n) is 6.23. The molecule has 0 aromatic carbocycles. The average Bonchev–Trinajstić information content (AvgIpc) is 2.72. The average molecular weight is 251 g/mol. The molecule has 1 heterocycles. The van der Waals surface area contributed by atoms with E-state index in [1.807, 2.05) is 0 Å². The molecule has 1 aromatic heterocycles. The Hall–Kier alpha value is -1.92. The Labute approximate surface area is 105 Å². The summed E-state index contributed by atoms with van der Waals surface area (Å²) < 4.78 is 0. The van der Waals surface area contributed by atoms with Gasteiger partial charge in [0.2, 0.25) is 5.95 Å². The van der Waals surface area contributed by atoms with Gasteiger partial charge in [-0.15, -0.1) is 0 Å². The van der Waals surface area contributed by atoms with Crippen molar-refractivity contribution in [2.45, 2.75) is 44.6 Å². The molecule has 0 bridgehead atoms. The number of nitrogens with zero attached hydrogens (tertiary/aromatic N) is 2. The van der Waals surface area contributed by atoms with Crippen LogP contribution < -0.4 is 10.6 Å². The van der Waals surface area contributed by atoms with Crippen LogP contribution >= 0.6 is 0 Å². The first-order chi connectivity index (χ1) is 8.75. The Kier molecular flexibility index (Phi) is 4.27. The van der Waals surface area contributed by atoms with Gasteiger partial charge in [0.1, 0.15) is 6.33 Å². The van der Waals surface area contributed by atoms with Crippen LogP contribution in [-0.4, -0.2) is 33.0 Å². The molecule has 0 radical (unpaired) electrons.